The van der Waals surface area contributed by atoms with E-state index in [-0.39, 0.29) is 17.1 Å². The molecule has 1 aromatic carbocycles. The average molecular weight is 284 g/mol. The zero-order valence-corrected chi connectivity index (χ0v) is 11.0. The molecule has 0 fully saturated rings. The Morgan fingerprint density at radius 1 is 1.37 bits per heavy atom. The number of hydrogen-bond acceptors (Lipinski definition) is 4. The Hall–Kier alpha value is -1.86. The van der Waals surface area contributed by atoms with Crippen LogP contribution in [0.2, 0.25) is 0 Å². The van der Waals surface area contributed by atoms with Gasteiger partial charge in [0.25, 0.3) is 0 Å². The van der Waals surface area contributed by atoms with Gasteiger partial charge in [-0.3, -0.25) is 0 Å². The number of furan rings is 1. The third-order valence-corrected chi connectivity index (χ3v) is 4.37. The lowest BCUT2D eigenvalue weighted by Gasteiger charge is -2.16. The van der Waals surface area contributed by atoms with Crippen LogP contribution in [0.4, 0.5) is 10.1 Å². The molecule has 0 unspecified atom stereocenters. The van der Waals surface area contributed by atoms with Crippen molar-refractivity contribution in [3.05, 3.63) is 48.2 Å². The Balaban J connectivity index is 2.31. The Bertz CT molecular complexity index is 648. The van der Waals surface area contributed by atoms with Crippen molar-refractivity contribution < 1.29 is 17.2 Å². The number of sulfonamides is 1. The number of hydrogen-bond donors (Lipinski definition) is 1. The molecule has 5 nitrogen and oxygen atoms in total. The number of nitrogen functional groups attached to an aromatic ring is 1. The lowest BCUT2D eigenvalue weighted by molar-refractivity contribution is 0.462. The van der Waals surface area contributed by atoms with Gasteiger partial charge in [-0.05, 0) is 24.3 Å². The highest BCUT2D eigenvalue weighted by molar-refractivity contribution is 7.89. The summed E-state index contributed by atoms with van der Waals surface area (Å²) in [4.78, 5) is -0.170. The summed E-state index contributed by atoms with van der Waals surface area (Å²) in [6.07, 6.45) is 2.90. The van der Waals surface area contributed by atoms with E-state index in [1.165, 1.54) is 25.6 Å². The highest BCUT2D eigenvalue weighted by Gasteiger charge is 2.22. The fourth-order valence-electron chi connectivity index (χ4n) is 1.64. The van der Waals surface area contributed by atoms with Crippen molar-refractivity contribution in [1.82, 2.24) is 4.31 Å². The van der Waals surface area contributed by atoms with E-state index < -0.39 is 15.8 Å². The topological polar surface area (TPSA) is 76.5 Å². The summed E-state index contributed by atoms with van der Waals surface area (Å²) in [5.41, 5.74) is 6.22. The van der Waals surface area contributed by atoms with Crippen molar-refractivity contribution in [3.8, 4) is 0 Å². The normalized spacial score (nSPS) is 11.9. The van der Waals surface area contributed by atoms with Crippen LogP contribution in [-0.4, -0.2) is 19.8 Å². The molecule has 0 aliphatic carbocycles. The summed E-state index contributed by atoms with van der Waals surface area (Å²) >= 11 is 0. The van der Waals surface area contributed by atoms with E-state index in [2.05, 4.69) is 0 Å². The molecule has 0 spiro atoms. The lowest BCUT2D eigenvalue weighted by Crippen LogP contribution is -2.26. The van der Waals surface area contributed by atoms with Gasteiger partial charge in [0.15, 0.2) is 0 Å². The fourth-order valence-corrected chi connectivity index (χ4v) is 2.86. The summed E-state index contributed by atoms with van der Waals surface area (Å²) in [6, 6.07) is 4.89. The SMILES string of the molecule is CN(Cc1ccoc1)S(=O)(=O)c1cc(N)cc(F)c1. The maximum atomic E-state index is 13.2. The van der Waals surface area contributed by atoms with Crippen LogP contribution in [-0.2, 0) is 16.6 Å². The molecule has 0 saturated carbocycles. The number of anilines is 1. The quantitative estimate of drug-likeness (QED) is 0.869. The Kier molecular flexibility index (Phi) is 3.59. The third kappa shape index (κ3) is 2.94. The van der Waals surface area contributed by atoms with Crippen LogP contribution in [0.5, 0.6) is 0 Å². The van der Waals surface area contributed by atoms with E-state index in [0.717, 1.165) is 16.4 Å². The van der Waals surface area contributed by atoms with E-state index in [1.807, 2.05) is 0 Å². The summed E-state index contributed by atoms with van der Waals surface area (Å²) in [6.45, 7) is 0.134. The average Bonchev–Trinajstić information content (AvgIpc) is 2.80. The molecule has 19 heavy (non-hydrogen) atoms. The maximum absolute atomic E-state index is 13.2. The lowest BCUT2D eigenvalue weighted by atomic mass is 10.3. The molecule has 1 heterocycles. The first-order valence-electron chi connectivity index (χ1n) is 5.43. The molecule has 0 atom stereocenters. The van der Waals surface area contributed by atoms with Gasteiger partial charge in [0.2, 0.25) is 10.0 Å². The van der Waals surface area contributed by atoms with E-state index >= 15 is 0 Å². The van der Waals surface area contributed by atoms with Gasteiger partial charge in [-0.15, -0.1) is 0 Å². The van der Waals surface area contributed by atoms with Crippen molar-refractivity contribution in [2.45, 2.75) is 11.4 Å². The first-order chi connectivity index (χ1) is 8.89. The molecular weight excluding hydrogens is 271 g/mol. The third-order valence-electron chi connectivity index (χ3n) is 2.59. The minimum atomic E-state index is -3.79. The number of nitrogens with two attached hydrogens (primary N) is 1. The summed E-state index contributed by atoms with van der Waals surface area (Å²) in [5, 5.41) is 0. The van der Waals surface area contributed by atoms with Gasteiger partial charge in [0.1, 0.15) is 5.82 Å². The van der Waals surface area contributed by atoms with Crippen LogP contribution in [0.15, 0.2) is 46.1 Å². The molecule has 2 N–H and O–H groups in total. The fraction of sp³-hybridized carbons (Fsp3) is 0.167. The van der Waals surface area contributed by atoms with Gasteiger partial charge in [0.05, 0.1) is 17.4 Å². The van der Waals surface area contributed by atoms with Crippen molar-refractivity contribution >= 4 is 15.7 Å². The minimum Gasteiger partial charge on any atom is -0.472 e. The monoisotopic (exact) mass is 284 g/mol. The van der Waals surface area contributed by atoms with Crippen LogP contribution < -0.4 is 5.73 Å². The van der Waals surface area contributed by atoms with Crippen LogP contribution in [0, 0.1) is 5.82 Å². The Morgan fingerprint density at radius 2 is 2.11 bits per heavy atom. The molecule has 0 aliphatic heterocycles. The molecule has 0 radical (unpaired) electrons. The van der Waals surface area contributed by atoms with Crippen LogP contribution >= 0.6 is 0 Å². The van der Waals surface area contributed by atoms with Crippen molar-refractivity contribution in [3.63, 3.8) is 0 Å². The van der Waals surface area contributed by atoms with E-state index in [1.54, 1.807) is 6.07 Å². The highest BCUT2D eigenvalue weighted by Crippen LogP contribution is 2.20. The van der Waals surface area contributed by atoms with Crippen molar-refractivity contribution in [2.24, 2.45) is 0 Å². The Morgan fingerprint density at radius 3 is 2.68 bits per heavy atom. The summed E-state index contributed by atoms with van der Waals surface area (Å²) in [7, 11) is -2.38. The second kappa shape index (κ2) is 5.02. The second-order valence-electron chi connectivity index (χ2n) is 4.11. The van der Waals surface area contributed by atoms with Crippen LogP contribution in [0.3, 0.4) is 0 Å². The van der Waals surface area contributed by atoms with E-state index in [4.69, 9.17) is 10.2 Å². The molecule has 0 saturated heterocycles. The largest absolute Gasteiger partial charge is 0.472 e. The molecule has 0 amide bonds. The Labute approximate surface area is 110 Å². The van der Waals surface area contributed by atoms with Gasteiger partial charge >= 0.3 is 0 Å². The first kappa shape index (κ1) is 13.6. The number of rotatable bonds is 4. The van der Waals surface area contributed by atoms with E-state index in [9.17, 15) is 12.8 Å². The van der Waals surface area contributed by atoms with Crippen molar-refractivity contribution in [1.29, 1.82) is 0 Å². The molecule has 2 aromatic rings. The zero-order chi connectivity index (χ0) is 14.0. The van der Waals surface area contributed by atoms with Gasteiger partial charge in [-0.1, -0.05) is 0 Å². The van der Waals surface area contributed by atoms with E-state index in [0.29, 0.717) is 5.56 Å². The number of benzene rings is 1. The molecule has 1 aromatic heterocycles. The smallest absolute Gasteiger partial charge is 0.243 e. The number of halogens is 1. The zero-order valence-electron chi connectivity index (χ0n) is 10.2. The molecule has 102 valence electrons. The second-order valence-corrected chi connectivity index (χ2v) is 6.16. The van der Waals surface area contributed by atoms with Gasteiger partial charge in [-0.25, -0.2) is 12.8 Å². The van der Waals surface area contributed by atoms with Crippen LogP contribution in [0.1, 0.15) is 5.56 Å². The van der Waals surface area contributed by atoms with Gasteiger partial charge in [-0.2, -0.15) is 4.31 Å². The standard InChI is InChI=1S/C12H13FN2O3S/c1-15(7-9-2-3-18-8-9)19(16,17)12-5-10(13)4-11(14)6-12/h2-6,8H,7,14H2,1H3. The predicted octanol–water partition coefficient (Wildman–Crippen LogP) is 1.82. The molecule has 0 aliphatic rings. The molecule has 0 bridgehead atoms. The highest BCUT2D eigenvalue weighted by atomic mass is 32.2. The van der Waals surface area contributed by atoms with Gasteiger partial charge < -0.3 is 10.2 Å². The predicted molar refractivity (Wildman–Crippen MR) is 68.2 cm³/mol. The minimum absolute atomic E-state index is 0.0651. The molecule has 2 rings (SSSR count). The molecular formula is C12H13FN2O3S. The number of nitrogens with zero attached hydrogens (tertiary/aromatic N) is 1. The summed E-state index contributed by atoms with van der Waals surface area (Å²) < 4.78 is 43.7. The maximum Gasteiger partial charge on any atom is 0.243 e. The van der Waals surface area contributed by atoms with Crippen molar-refractivity contribution in [2.75, 3.05) is 12.8 Å². The van der Waals surface area contributed by atoms with Crippen LogP contribution in [0.25, 0.3) is 0 Å². The first-order valence-corrected chi connectivity index (χ1v) is 6.87. The molecule has 7 heteroatoms. The van der Waals surface area contributed by atoms with Gasteiger partial charge in [0, 0.05) is 24.8 Å². The summed E-state index contributed by atoms with van der Waals surface area (Å²) in [5.74, 6) is -0.685.